The van der Waals surface area contributed by atoms with E-state index in [0.29, 0.717) is 12.8 Å². The molecule has 5 rings (SSSR count). The average Bonchev–Trinajstić information content (AvgIpc) is 3.34. The van der Waals surface area contributed by atoms with Crippen LogP contribution in [0.2, 0.25) is 0 Å². The SMILES string of the molecule is O=C(O)C(CC(=O)C1(n2ccc3ccccc32)C=CC(c2ccccc2)=CC1)Cc1ccccc1. The maximum absolute atomic E-state index is 14.0. The minimum Gasteiger partial charge on any atom is -0.481 e. The Bertz CT molecular complexity index is 1420. The Morgan fingerprint density at radius 2 is 1.57 bits per heavy atom. The summed E-state index contributed by atoms with van der Waals surface area (Å²) >= 11 is 0. The first-order valence-corrected chi connectivity index (χ1v) is 11.9. The maximum Gasteiger partial charge on any atom is 0.307 e. The Morgan fingerprint density at radius 3 is 2.26 bits per heavy atom. The van der Waals surface area contributed by atoms with E-state index >= 15 is 0 Å². The van der Waals surface area contributed by atoms with Gasteiger partial charge in [-0.25, -0.2) is 0 Å². The molecule has 4 aromatic rings. The number of ketones is 1. The third-order valence-electron chi connectivity index (χ3n) is 6.90. The zero-order chi connectivity index (χ0) is 24.3. The van der Waals surface area contributed by atoms with E-state index in [1.54, 1.807) is 0 Å². The number of carbonyl (C=O) groups excluding carboxylic acids is 1. The van der Waals surface area contributed by atoms with Crippen LogP contribution in [0.5, 0.6) is 0 Å². The van der Waals surface area contributed by atoms with E-state index in [1.165, 1.54) is 0 Å². The molecular weight excluding hydrogens is 434 g/mol. The lowest BCUT2D eigenvalue weighted by Gasteiger charge is -2.34. The predicted octanol–water partition coefficient (Wildman–Crippen LogP) is 6.28. The molecule has 0 radical (unpaired) electrons. The van der Waals surface area contributed by atoms with Crippen molar-refractivity contribution in [3.8, 4) is 0 Å². The van der Waals surface area contributed by atoms with Crippen molar-refractivity contribution in [3.63, 3.8) is 0 Å². The zero-order valence-corrected chi connectivity index (χ0v) is 19.4. The van der Waals surface area contributed by atoms with Crippen molar-refractivity contribution < 1.29 is 14.7 Å². The molecule has 0 saturated carbocycles. The topological polar surface area (TPSA) is 59.3 Å². The van der Waals surface area contributed by atoms with Crippen LogP contribution in [0.15, 0.2) is 115 Å². The van der Waals surface area contributed by atoms with Gasteiger partial charge in [-0.05, 0) is 40.6 Å². The van der Waals surface area contributed by atoms with Crippen LogP contribution >= 0.6 is 0 Å². The Balaban J connectivity index is 1.52. The number of para-hydroxylation sites is 1. The van der Waals surface area contributed by atoms with Crippen molar-refractivity contribution >= 4 is 28.2 Å². The van der Waals surface area contributed by atoms with Crippen molar-refractivity contribution in [2.24, 2.45) is 5.92 Å². The van der Waals surface area contributed by atoms with Gasteiger partial charge in [0.15, 0.2) is 5.78 Å². The molecule has 35 heavy (non-hydrogen) atoms. The summed E-state index contributed by atoms with van der Waals surface area (Å²) in [5.74, 6) is -1.84. The Morgan fingerprint density at radius 1 is 0.886 bits per heavy atom. The number of fused-ring (bicyclic) bond motifs is 1. The van der Waals surface area contributed by atoms with Crippen LogP contribution in [-0.4, -0.2) is 21.4 Å². The van der Waals surface area contributed by atoms with E-state index in [-0.39, 0.29) is 12.2 Å². The van der Waals surface area contributed by atoms with Gasteiger partial charge in [-0.2, -0.15) is 0 Å². The Kier molecular flexibility index (Phi) is 6.19. The molecule has 1 N–H and O–H groups in total. The van der Waals surface area contributed by atoms with E-state index in [2.05, 4.69) is 18.2 Å². The molecule has 1 heterocycles. The van der Waals surface area contributed by atoms with E-state index in [9.17, 15) is 14.7 Å². The molecule has 1 aliphatic carbocycles. The van der Waals surface area contributed by atoms with Gasteiger partial charge in [0.05, 0.1) is 5.92 Å². The van der Waals surface area contributed by atoms with Gasteiger partial charge in [-0.3, -0.25) is 9.59 Å². The van der Waals surface area contributed by atoms with E-state index in [1.807, 2.05) is 102 Å². The van der Waals surface area contributed by atoms with Gasteiger partial charge >= 0.3 is 5.97 Å². The second-order valence-corrected chi connectivity index (χ2v) is 9.08. The molecule has 0 saturated heterocycles. The number of allylic oxidation sites excluding steroid dienone is 4. The molecule has 1 aromatic heterocycles. The highest BCUT2D eigenvalue weighted by molar-refractivity contribution is 5.95. The quantitative estimate of drug-likeness (QED) is 0.336. The van der Waals surface area contributed by atoms with Crippen LogP contribution in [0.4, 0.5) is 0 Å². The number of carboxylic acids is 1. The summed E-state index contributed by atoms with van der Waals surface area (Å²) in [6, 6.07) is 29.6. The highest BCUT2D eigenvalue weighted by Gasteiger charge is 2.40. The van der Waals surface area contributed by atoms with E-state index in [0.717, 1.165) is 27.6 Å². The first-order chi connectivity index (χ1) is 17.1. The number of hydrogen-bond donors (Lipinski definition) is 1. The van der Waals surface area contributed by atoms with Gasteiger partial charge in [-0.1, -0.05) is 97.1 Å². The van der Waals surface area contributed by atoms with Crippen LogP contribution < -0.4 is 0 Å². The van der Waals surface area contributed by atoms with Crippen LogP contribution in [-0.2, 0) is 21.5 Å². The van der Waals surface area contributed by atoms with Crippen LogP contribution in [0.3, 0.4) is 0 Å². The molecule has 0 amide bonds. The number of nitrogens with zero attached hydrogens (tertiary/aromatic N) is 1. The largest absolute Gasteiger partial charge is 0.481 e. The summed E-state index contributed by atoms with van der Waals surface area (Å²) < 4.78 is 2.01. The lowest BCUT2D eigenvalue weighted by atomic mass is 9.79. The van der Waals surface area contributed by atoms with Gasteiger partial charge < -0.3 is 9.67 Å². The number of carboxylic acid groups (broad SMARTS) is 1. The lowest BCUT2D eigenvalue weighted by molar-refractivity contribution is -0.144. The van der Waals surface area contributed by atoms with Crippen molar-refractivity contribution in [1.29, 1.82) is 0 Å². The standard InChI is InChI=1S/C31H27NO3/c33-29(22-27(30(34)35)21-23-9-3-1-4-10-23)31(32-20-17-26-13-7-8-14-28(26)32)18-15-25(16-19-31)24-11-5-2-6-12-24/h1-18,20,27H,19,21-22H2,(H,34,35). The molecule has 174 valence electrons. The summed E-state index contributed by atoms with van der Waals surface area (Å²) in [7, 11) is 0. The molecular formula is C31H27NO3. The molecule has 2 unspecified atom stereocenters. The molecule has 1 aliphatic rings. The fourth-order valence-electron chi connectivity index (χ4n) is 4.97. The van der Waals surface area contributed by atoms with E-state index in [4.69, 9.17) is 0 Å². The van der Waals surface area contributed by atoms with Gasteiger partial charge in [0.25, 0.3) is 0 Å². The monoisotopic (exact) mass is 461 g/mol. The summed E-state index contributed by atoms with van der Waals surface area (Å²) in [5.41, 5.74) is 3.04. The predicted molar refractivity (Wildman–Crippen MR) is 139 cm³/mol. The normalized spacial score (nSPS) is 18.2. The number of Topliss-reactive ketones (excluding diaryl/α,β-unsaturated/α-hetero) is 1. The average molecular weight is 462 g/mol. The zero-order valence-electron chi connectivity index (χ0n) is 19.4. The maximum atomic E-state index is 14.0. The smallest absolute Gasteiger partial charge is 0.307 e. The number of aromatic nitrogens is 1. The number of carbonyl (C=O) groups is 2. The second-order valence-electron chi connectivity index (χ2n) is 9.08. The highest BCUT2D eigenvalue weighted by atomic mass is 16.4. The first kappa shape index (κ1) is 22.6. The summed E-state index contributed by atoms with van der Waals surface area (Å²) in [6.07, 6.45) is 8.73. The first-order valence-electron chi connectivity index (χ1n) is 11.9. The van der Waals surface area contributed by atoms with Crippen molar-refractivity contribution in [2.45, 2.75) is 24.8 Å². The summed E-state index contributed by atoms with van der Waals surface area (Å²) in [6.45, 7) is 0. The second kappa shape index (κ2) is 9.59. The lowest BCUT2D eigenvalue weighted by Crippen LogP contribution is -2.42. The van der Waals surface area contributed by atoms with Crippen molar-refractivity contribution in [2.75, 3.05) is 0 Å². The molecule has 0 bridgehead atoms. The minimum absolute atomic E-state index is 0.0460. The molecule has 0 fully saturated rings. The molecule has 3 aromatic carbocycles. The fourth-order valence-corrected chi connectivity index (χ4v) is 4.97. The van der Waals surface area contributed by atoms with Gasteiger partial charge in [0, 0.05) is 24.6 Å². The van der Waals surface area contributed by atoms with Gasteiger partial charge in [0.1, 0.15) is 5.54 Å². The van der Waals surface area contributed by atoms with Crippen LogP contribution in [0.25, 0.3) is 16.5 Å². The van der Waals surface area contributed by atoms with Crippen molar-refractivity contribution in [1.82, 2.24) is 4.57 Å². The number of hydrogen-bond acceptors (Lipinski definition) is 2. The molecule has 4 nitrogen and oxygen atoms in total. The van der Waals surface area contributed by atoms with E-state index < -0.39 is 17.4 Å². The number of benzene rings is 3. The highest BCUT2D eigenvalue weighted by Crippen LogP contribution is 2.37. The molecule has 0 aliphatic heterocycles. The number of aliphatic carboxylic acids is 1. The van der Waals surface area contributed by atoms with Crippen LogP contribution in [0, 0.1) is 5.92 Å². The van der Waals surface area contributed by atoms with Gasteiger partial charge in [0.2, 0.25) is 0 Å². The molecule has 0 spiro atoms. The summed E-state index contributed by atoms with van der Waals surface area (Å²) in [5, 5.41) is 11.0. The molecule has 2 atom stereocenters. The fraction of sp³-hybridized carbons (Fsp3) is 0.161. The van der Waals surface area contributed by atoms with Crippen molar-refractivity contribution in [3.05, 3.63) is 127 Å². The Hall–Kier alpha value is -4.18. The minimum atomic E-state index is -0.980. The Labute approximate surface area is 204 Å². The summed E-state index contributed by atoms with van der Waals surface area (Å²) in [4.78, 5) is 26.2. The van der Waals surface area contributed by atoms with Crippen LogP contribution in [0.1, 0.15) is 24.0 Å². The molecule has 4 heteroatoms. The number of rotatable bonds is 8. The third kappa shape index (κ3) is 4.47. The van der Waals surface area contributed by atoms with Gasteiger partial charge in [-0.15, -0.1) is 0 Å². The third-order valence-corrected chi connectivity index (χ3v) is 6.90.